The van der Waals surface area contributed by atoms with E-state index in [4.69, 9.17) is 5.73 Å². The van der Waals surface area contributed by atoms with Crippen LogP contribution in [0.15, 0.2) is 12.2 Å². The largest absolute Gasteiger partial charge is 0.329 e. The average Bonchev–Trinajstić information content (AvgIpc) is 2.07. The van der Waals surface area contributed by atoms with Crippen molar-refractivity contribution >= 4 is 0 Å². The maximum absolute atomic E-state index is 5.45. The summed E-state index contributed by atoms with van der Waals surface area (Å²) in [6.07, 6.45) is 2.16. The third-order valence-electron chi connectivity index (χ3n) is 2.63. The van der Waals surface area contributed by atoms with E-state index in [2.05, 4.69) is 32.7 Å². The van der Waals surface area contributed by atoms with Crippen LogP contribution in [0.25, 0.3) is 0 Å². The van der Waals surface area contributed by atoms with Crippen LogP contribution in [0.1, 0.15) is 33.6 Å². The first-order valence-electron chi connectivity index (χ1n) is 4.74. The summed E-state index contributed by atoms with van der Waals surface area (Å²) in [7, 11) is 0. The molecule has 0 fully saturated rings. The minimum atomic E-state index is 0.110. The summed E-state index contributed by atoms with van der Waals surface area (Å²) in [5.74, 6) is 0. The first-order chi connectivity index (χ1) is 5.63. The van der Waals surface area contributed by atoms with E-state index in [9.17, 15) is 0 Å². The lowest BCUT2D eigenvalue weighted by molar-refractivity contribution is 0.360. The number of hydrogen-bond acceptors (Lipinski definition) is 2. The Labute approximate surface area is 76.2 Å². The molecule has 2 nitrogen and oxygen atoms in total. The molecule has 0 heterocycles. The van der Waals surface area contributed by atoms with Gasteiger partial charge in [-0.15, -0.1) is 0 Å². The smallest absolute Gasteiger partial charge is 0.0383 e. The highest BCUT2D eigenvalue weighted by molar-refractivity contribution is 5.13. The molecule has 0 aromatic heterocycles. The second kappa shape index (κ2) is 5.33. The second-order valence-corrected chi connectivity index (χ2v) is 3.28. The van der Waals surface area contributed by atoms with E-state index < -0.39 is 0 Å². The first-order valence-corrected chi connectivity index (χ1v) is 4.74. The molecular formula is C10H22N2. The normalized spacial score (nSPS) is 11.7. The van der Waals surface area contributed by atoms with Gasteiger partial charge in [0, 0.05) is 18.6 Å². The van der Waals surface area contributed by atoms with E-state index in [1.165, 1.54) is 5.57 Å². The Morgan fingerprint density at radius 2 is 1.92 bits per heavy atom. The Balaban J connectivity index is 4.25. The zero-order valence-corrected chi connectivity index (χ0v) is 8.61. The molecule has 12 heavy (non-hydrogen) atoms. The van der Waals surface area contributed by atoms with Gasteiger partial charge in [0.25, 0.3) is 0 Å². The monoisotopic (exact) mass is 170 g/mol. The maximum atomic E-state index is 5.45. The maximum Gasteiger partial charge on any atom is 0.0383 e. The number of hydrogen-bond donors (Lipinski definition) is 2. The summed E-state index contributed by atoms with van der Waals surface area (Å²) < 4.78 is 0. The molecule has 0 saturated carbocycles. The van der Waals surface area contributed by atoms with Crippen LogP contribution in [-0.4, -0.2) is 18.6 Å². The standard InChI is InChI=1S/C10H22N2/c1-5-10(6-2,9(3)4)12-8-7-11/h12H,3,5-8,11H2,1-2,4H3. The molecule has 0 bridgehead atoms. The van der Waals surface area contributed by atoms with Gasteiger partial charge in [-0.1, -0.05) is 26.0 Å². The Kier molecular flexibility index (Phi) is 5.18. The third-order valence-corrected chi connectivity index (χ3v) is 2.63. The van der Waals surface area contributed by atoms with Gasteiger partial charge < -0.3 is 11.1 Å². The zero-order chi connectivity index (χ0) is 9.61. The van der Waals surface area contributed by atoms with Crippen molar-refractivity contribution in [3.05, 3.63) is 12.2 Å². The fourth-order valence-corrected chi connectivity index (χ4v) is 1.57. The number of rotatable bonds is 6. The first kappa shape index (κ1) is 11.7. The molecule has 0 amide bonds. The Morgan fingerprint density at radius 1 is 1.42 bits per heavy atom. The Bertz CT molecular complexity index is 137. The number of nitrogens with one attached hydrogen (secondary N) is 1. The lowest BCUT2D eigenvalue weighted by Gasteiger charge is -2.33. The van der Waals surface area contributed by atoms with E-state index in [-0.39, 0.29) is 5.54 Å². The Hall–Kier alpha value is -0.340. The van der Waals surface area contributed by atoms with Crippen molar-refractivity contribution in [1.82, 2.24) is 5.32 Å². The average molecular weight is 170 g/mol. The zero-order valence-electron chi connectivity index (χ0n) is 8.61. The van der Waals surface area contributed by atoms with Crippen LogP contribution in [0.2, 0.25) is 0 Å². The van der Waals surface area contributed by atoms with E-state index in [0.717, 1.165) is 19.4 Å². The summed E-state index contributed by atoms with van der Waals surface area (Å²) in [5.41, 5.74) is 6.77. The summed E-state index contributed by atoms with van der Waals surface area (Å²) in [4.78, 5) is 0. The summed E-state index contributed by atoms with van der Waals surface area (Å²) in [6, 6.07) is 0. The van der Waals surface area contributed by atoms with Crippen LogP contribution >= 0.6 is 0 Å². The van der Waals surface area contributed by atoms with Crippen molar-refractivity contribution in [2.45, 2.75) is 39.2 Å². The second-order valence-electron chi connectivity index (χ2n) is 3.28. The molecule has 0 radical (unpaired) electrons. The lowest BCUT2D eigenvalue weighted by atomic mass is 9.86. The van der Waals surface area contributed by atoms with E-state index >= 15 is 0 Å². The van der Waals surface area contributed by atoms with Gasteiger partial charge >= 0.3 is 0 Å². The minimum Gasteiger partial charge on any atom is -0.329 e. The SMILES string of the molecule is C=C(C)C(CC)(CC)NCCN. The van der Waals surface area contributed by atoms with Crippen LogP contribution in [-0.2, 0) is 0 Å². The van der Waals surface area contributed by atoms with Crippen molar-refractivity contribution in [2.24, 2.45) is 5.73 Å². The molecule has 3 N–H and O–H groups in total. The van der Waals surface area contributed by atoms with Crippen molar-refractivity contribution in [1.29, 1.82) is 0 Å². The van der Waals surface area contributed by atoms with Gasteiger partial charge in [-0.25, -0.2) is 0 Å². The van der Waals surface area contributed by atoms with Gasteiger partial charge in [0.2, 0.25) is 0 Å². The van der Waals surface area contributed by atoms with E-state index in [0.29, 0.717) is 6.54 Å². The molecule has 2 heteroatoms. The van der Waals surface area contributed by atoms with E-state index in [1.807, 2.05) is 0 Å². The molecule has 0 spiro atoms. The summed E-state index contributed by atoms with van der Waals surface area (Å²) >= 11 is 0. The molecule has 72 valence electrons. The van der Waals surface area contributed by atoms with Crippen LogP contribution in [0.3, 0.4) is 0 Å². The third kappa shape index (κ3) is 2.61. The van der Waals surface area contributed by atoms with Gasteiger partial charge in [0.05, 0.1) is 0 Å². The van der Waals surface area contributed by atoms with Crippen LogP contribution in [0, 0.1) is 0 Å². The predicted molar refractivity (Wildman–Crippen MR) is 55.2 cm³/mol. The topological polar surface area (TPSA) is 38.0 Å². The fraction of sp³-hybridized carbons (Fsp3) is 0.800. The number of nitrogens with two attached hydrogens (primary N) is 1. The van der Waals surface area contributed by atoms with Crippen molar-refractivity contribution in [3.8, 4) is 0 Å². The molecule has 0 aliphatic heterocycles. The van der Waals surface area contributed by atoms with Crippen molar-refractivity contribution in [2.75, 3.05) is 13.1 Å². The van der Waals surface area contributed by atoms with E-state index in [1.54, 1.807) is 0 Å². The lowest BCUT2D eigenvalue weighted by Crippen LogP contribution is -2.47. The molecule has 0 saturated heterocycles. The van der Waals surface area contributed by atoms with Crippen LogP contribution < -0.4 is 11.1 Å². The molecule has 0 aromatic carbocycles. The quantitative estimate of drug-likeness (QED) is 0.595. The molecule has 0 aliphatic rings. The van der Waals surface area contributed by atoms with Gasteiger partial charge in [0.15, 0.2) is 0 Å². The molecular weight excluding hydrogens is 148 g/mol. The highest BCUT2D eigenvalue weighted by atomic mass is 15.0. The van der Waals surface area contributed by atoms with Crippen LogP contribution in [0.5, 0.6) is 0 Å². The molecule has 0 atom stereocenters. The highest BCUT2D eigenvalue weighted by Crippen LogP contribution is 2.22. The fourth-order valence-electron chi connectivity index (χ4n) is 1.57. The predicted octanol–water partition coefficient (Wildman–Crippen LogP) is 1.67. The highest BCUT2D eigenvalue weighted by Gasteiger charge is 2.25. The molecule has 0 rings (SSSR count). The molecule has 0 aliphatic carbocycles. The van der Waals surface area contributed by atoms with Crippen molar-refractivity contribution in [3.63, 3.8) is 0 Å². The van der Waals surface area contributed by atoms with Gasteiger partial charge in [0.1, 0.15) is 0 Å². The Morgan fingerprint density at radius 3 is 2.17 bits per heavy atom. The molecule has 0 aromatic rings. The van der Waals surface area contributed by atoms with Crippen LogP contribution in [0.4, 0.5) is 0 Å². The molecule has 0 unspecified atom stereocenters. The van der Waals surface area contributed by atoms with Crippen molar-refractivity contribution < 1.29 is 0 Å². The van der Waals surface area contributed by atoms with Gasteiger partial charge in [-0.05, 0) is 19.8 Å². The summed E-state index contributed by atoms with van der Waals surface area (Å²) in [6.45, 7) is 12.0. The summed E-state index contributed by atoms with van der Waals surface area (Å²) in [5, 5.41) is 3.46. The minimum absolute atomic E-state index is 0.110. The van der Waals surface area contributed by atoms with Gasteiger partial charge in [-0.2, -0.15) is 0 Å². The van der Waals surface area contributed by atoms with Gasteiger partial charge in [-0.3, -0.25) is 0 Å².